The van der Waals surface area contributed by atoms with E-state index in [4.69, 9.17) is 9.47 Å². The molecule has 1 aromatic rings. The van der Waals surface area contributed by atoms with Gasteiger partial charge < -0.3 is 30.1 Å². The fraction of sp³-hybridized carbons (Fsp3) is 0.571. The van der Waals surface area contributed by atoms with Crippen molar-refractivity contribution in [1.29, 1.82) is 0 Å². The van der Waals surface area contributed by atoms with Crippen molar-refractivity contribution in [3.05, 3.63) is 28.3 Å². The van der Waals surface area contributed by atoms with E-state index in [1.54, 1.807) is 13.0 Å². The number of hydrogen-bond acceptors (Lipinski definition) is 8. The minimum atomic E-state index is -1.44. The molecule has 0 spiro atoms. The first-order valence-corrected chi connectivity index (χ1v) is 7.22. The summed E-state index contributed by atoms with van der Waals surface area (Å²) >= 11 is 0. The van der Waals surface area contributed by atoms with Crippen LogP contribution in [-0.2, 0) is 4.74 Å². The third-order valence-electron chi connectivity index (χ3n) is 3.63. The Morgan fingerprint density at radius 3 is 2.61 bits per heavy atom. The lowest BCUT2D eigenvalue weighted by Gasteiger charge is -2.39. The second-order valence-corrected chi connectivity index (χ2v) is 5.25. The lowest BCUT2D eigenvalue weighted by molar-refractivity contribution is -0.384. The number of ether oxygens (including phenoxy) is 2. The minimum Gasteiger partial charge on any atom is -0.494 e. The molecule has 128 valence electrons. The number of nitrogens with one attached hydrogen (secondary N) is 1. The molecule has 0 aliphatic carbocycles. The third-order valence-corrected chi connectivity index (χ3v) is 3.63. The van der Waals surface area contributed by atoms with E-state index in [0.29, 0.717) is 12.4 Å². The number of rotatable bonds is 5. The predicted octanol–water partition coefficient (Wildman–Crippen LogP) is 0.233. The quantitative estimate of drug-likeness (QED) is 0.446. The monoisotopic (exact) mass is 328 g/mol. The maximum atomic E-state index is 11.2. The summed E-state index contributed by atoms with van der Waals surface area (Å²) in [4.78, 5) is 10.6. The summed E-state index contributed by atoms with van der Waals surface area (Å²) < 4.78 is 10.6. The molecular formula is C14H20N2O7. The van der Waals surface area contributed by atoms with Crippen LogP contribution in [0.5, 0.6) is 5.75 Å². The zero-order valence-corrected chi connectivity index (χ0v) is 12.7. The molecule has 9 heteroatoms. The molecule has 0 saturated carbocycles. The van der Waals surface area contributed by atoms with Gasteiger partial charge in [-0.15, -0.1) is 0 Å². The number of nitro benzene ring substituents is 1. The third kappa shape index (κ3) is 3.70. The number of hydrogen-bond donors (Lipinski definition) is 4. The van der Waals surface area contributed by atoms with Crippen LogP contribution in [0.15, 0.2) is 18.2 Å². The first-order chi connectivity index (χ1) is 10.8. The molecule has 0 bridgehead atoms. The zero-order valence-electron chi connectivity index (χ0n) is 12.7. The largest absolute Gasteiger partial charge is 0.494 e. The summed E-state index contributed by atoms with van der Waals surface area (Å²) in [6, 6.07) is 4.24. The fourth-order valence-corrected chi connectivity index (χ4v) is 2.36. The van der Waals surface area contributed by atoms with Crippen molar-refractivity contribution in [3.63, 3.8) is 0 Å². The van der Waals surface area contributed by atoms with Crippen LogP contribution in [0.3, 0.4) is 0 Å². The fourth-order valence-electron chi connectivity index (χ4n) is 2.36. The van der Waals surface area contributed by atoms with Crippen LogP contribution < -0.4 is 10.1 Å². The lowest BCUT2D eigenvalue weighted by atomic mass is 9.99. The van der Waals surface area contributed by atoms with Crippen LogP contribution in [0.25, 0.3) is 0 Å². The second-order valence-electron chi connectivity index (χ2n) is 5.25. The van der Waals surface area contributed by atoms with Gasteiger partial charge in [-0.1, -0.05) is 0 Å². The van der Waals surface area contributed by atoms with Crippen molar-refractivity contribution < 1.29 is 29.7 Å². The Morgan fingerprint density at radius 1 is 1.30 bits per heavy atom. The molecule has 2 rings (SSSR count). The number of aliphatic hydroxyl groups is 3. The number of anilines is 1. The number of benzene rings is 1. The van der Waals surface area contributed by atoms with Gasteiger partial charge >= 0.3 is 0 Å². The average molecular weight is 328 g/mol. The van der Waals surface area contributed by atoms with E-state index in [9.17, 15) is 25.4 Å². The van der Waals surface area contributed by atoms with Gasteiger partial charge in [0.25, 0.3) is 5.69 Å². The van der Waals surface area contributed by atoms with Crippen molar-refractivity contribution >= 4 is 11.4 Å². The highest BCUT2D eigenvalue weighted by atomic mass is 16.6. The lowest BCUT2D eigenvalue weighted by Crippen LogP contribution is -2.58. The molecule has 0 radical (unpaired) electrons. The van der Waals surface area contributed by atoms with Gasteiger partial charge in [0.05, 0.1) is 23.7 Å². The molecule has 0 unspecified atom stereocenters. The highest BCUT2D eigenvalue weighted by Crippen LogP contribution is 2.31. The van der Waals surface area contributed by atoms with Gasteiger partial charge in [0.1, 0.15) is 29.7 Å². The summed E-state index contributed by atoms with van der Waals surface area (Å²) in [7, 11) is 0. The van der Waals surface area contributed by atoms with E-state index in [0.717, 1.165) is 0 Å². The van der Waals surface area contributed by atoms with Gasteiger partial charge in [0.2, 0.25) is 0 Å². The van der Waals surface area contributed by atoms with Crippen molar-refractivity contribution in [2.45, 2.75) is 44.5 Å². The molecule has 0 amide bonds. The maximum absolute atomic E-state index is 11.2. The minimum absolute atomic E-state index is 0.110. The van der Waals surface area contributed by atoms with Crippen LogP contribution in [0.4, 0.5) is 11.4 Å². The maximum Gasteiger partial charge on any atom is 0.296 e. The molecule has 1 aromatic carbocycles. The Balaban J connectivity index is 2.23. The summed E-state index contributed by atoms with van der Waals surface area (Å²) in [5, 5.41) is 43.3. The van der Waals surface area contributed by atoms with Crippen LogP contribution in [0.1, 0.15) is 13.8 Å². The number of nitro groups is 1. The van der Waals surface area contributed by atoms with E-state index in [1.165, 1.54) is 19.1 Å². The summed E-state index contributed by atoms with van der Waals surface area (Å²) in [6.07, 6.45) is -5.93. The van der Waals surface area contributed by atoms with Gasteiger partial charge in [-0.05, 0) is 26.0 Å². The Hall–Kier alpha value is -1.94. The van der Waals surface area contributed by atoms with Gasteiger partial charge in [0, 0.05) is 0 Å². The van der Waals surface area contributed by atoms with Crippen LogP contribution in [0, 0.1) is 10.1 Å². The highest BCUT2D eigenvalue weighted by molar-refractivity contribution is 5.64. The van der Waals surface area contributed by atoms with Gasteiger partial charge in [0.15, 0.2) is 6.23 Å². The van der Waals surface area contributed by atoms with Crippen LogP contribution in [0.2, 0.25) is 0 Å². The Kier molecular flexibility index (Phi) is 5.37. The second kappa shape index (κ2) is 7.09. The first-order valence-electron chi connectivity index (χ1n) is 7.22. The Labute approximate surface area is 132 Å². The predicted molar refractivity (Wildman–Crippen MR) is 80.2 cm³/mol. The van der Waals surface area contributed by atoms with E-state index in [2.05, 4.69) is 5.32 Å². The molecule has 1 saturated heterocycles. The Morgan fingerprint density at radius 2 is 2.00 bits per heavy atom. The summed E-state index contributed by atoms with van der Waals surface area (Å²) in [6.45, 7) is 3.66. The van der Waals surface area contributed by atoms with Gasteiger partial charge in [-0.2, -0.15) is 0 Å². The first kappa shape index (κ1) is 17.4. The molecule has 23 heavy (non-hydrogen) atoms. The molecule has 1 heterocycles. The smallest absolute Gasteiger partial charge is 0.296 e. The topological polar surface area (TPSA) is 134 Å². The summed E-state index contributed by atoms with van der Waals surface area (Å²) in [5.41, 5.74) is -0.140. The SMILES string of the molecule is CCOc1ccc(N[C@@H]2O[C@@H](C)[C@@H](O)[C@H](O)[C@@H]2O)c([N+](=O)[O-])c1. The molecule has 0 aromatic heterocycles. The van der Waals surface area contributed by atoms with E-state index in [-0.39, 0.29) is 11.4 Å². The number of aliphatic hydroxyl groups excluding tert-OH is 3. The molecular weight excluding hydrogens is 308 g/mol. The molecule has 5 atom stereocenters. The van der Waals surface area contributed by atoms with Gasteiger partial charge in [-0.3, -0.25) is 10.1 Å². The van der Waals surface area contributed by atoms with E-state index < -0.39 is 35.6 Å². The van der Waals surface area contributed by atoms with Crippen molar-refractivity contribution in [1.82, 2.24) is 0 Å². The molecule has 9 nitrogen and oxygen atoms in total. The Bertz CT molecular complexity index is 568. The van der Waals surface area contributed by atoms with Gasteiger partial charge in [-0.25, -0.2) is 0 Å². The average Bonchev–Trinajstić information content (AvgIpc) is 2.52. The summed E-state index contributed by atoms with van der Waals surface area (Å²) in [5.74, 6) is 0.346. The standard InChI is InChI=1S/C14H20N2O7/c1-3-22-8-4-5-9(10(6-8)16(20)21)15-14-13(19)12(18)11(17)7(2)23-14/h4-7,11-15,17-19H,3H2,1-2H3/t7-,11+,12-,13-,14+/m0/s1. The zero-order chi connectivity index (χ0) is 17.1. The molecule has 4 N–H and O–H groups in total. The molecule has 1 aliphatic rings. The highest BCUT2D eigenvalue weighted by Gasteiger charge is 2.42. The molecule has 1 aliphatic heterocycles. The number of nitrogens with zero attached hydrogens (tertiary/aromatic N) is 1. The van der Waals surface area contributed by atoms with E-state index >= 15 is 0 Å². The normalized spacial score (nSPS) is 30.7. The van der Waals surface area contributed by atoms with Crippen LogP contribution in [-0.4, -0.2) is 57.5 Å². The van der Waals surface area contributed by atoms with Crippen molar-refractivity contribution in [2.75, 3.05) is 11.9 Å². The van der Waals surface area contributed by atoms with Crippen LogP contribution >= 0.6 is 0 Å². The van der Waals surface area contributed by atoms with E-state index in [1.807, 2.05) is 0 Å². The molecule has 1 fully saturated rings. The van der Waals surface area contributed by atoms with Crippen molar-refractivity contribution in [2.24, 2.45) is 0 Å². The van der Waals surface area contributed by atoms with Crippen molar-refractivity contribution in [3.8, 4) is 5.75 Å².